The van der Waals surface area contributed by atoms with Gasteiger partial charge in [0.05, 0.1) is 16.9 Å². The van der Waals surface area contributed by atoms with Crippen molar-refractivity contribution >= 4 is 40.7 Å². The maximum atomic E-state index is 6.91. The highest BCUT2D eigenvalue weighted by molar-refractivity contribution is 7.99. The molecule has 0 atom stereocenters. The third-order valence-corrected chi connectivity index (χ3v) is 10.3. The first-order valence-electron chi connectivity index (χ1n) is 15.5. The van der Waals surface area contributed by atoms with E-state index in [0.717, 1.165) is 81.2 Å². The van der Waals surface area contributed by atoms with Crippen LogP contribution in [0.3, 0.4) is 0 Å². The normalized spacial score (nSPS) is 17.9. The van der Waals surface area contributed by atoms with Crippen LogP contribution in [0.15, 0.2) is 52.5 Å². The van der Waals surface area contributed by atoms with E-state index in [1.165, 1.54) is 41.3 Å². The summed E-state index contributed by atoms with van der Waals surface area (Å²) in [6.07, 6.45) is 9.30. The van der Waals surface area contributed by atoms with E-state index in [1.54, 1.807) is 0 Å². The van der Waals surface area contributed by atoms with Gasteiger partial charge in [-0.05, 0) is 74.3 Å². The predicted molar refractivity (Wildman–Crippen MR) is 178 cm³/mol. The van der Waals surface area contributed by atoms with Crippen molar-refractivity contribution in [2.75, 3.05) is 42.1 Å². The first-order chi connectivity index (χ1) is 20.2. The van der Waals surface area contributed by atoms with Crippen LogP contribution in [0.4, 0.5) is 17.3 Å². The minimum absolute atomic E-state index is 0.113. The van der Waals surface area contributed by atoms with E-state index >= 15 is 0 Å². The van der Waals surface area contributed by atoms with Gasteiger partial charge in [-0.15, -0.1) is 0 Å². The first-order valence-corrected chi connectivity index (χ1v) is 16.7. The monoisotopic (exact) mass is 607 g/mol. The van der Waals surface area contributed by atoms with E-state index in [2.05, 4.69) is 70.1 Å². The number of anilines is 3. The topological polar surface area (TPSA) is 96.3 Å². The zero-order valence-corrected chi connectivity index (χ0v) is 26.9. The summed E-state index contributed by atoms with van der Waals surface area (Å²) >= 11 is 8.37. The highest BCUT2D eigenvalue weighted by Gasteiger charge is 2.27. The molecule has 2 aromatic carbocycles. The van der Waals surface area contributed by atoms with Crippen LogP contribution in [0, 0.1) is 0 Å². The second kappa shape index (κ2) is 13.8. The number of hydrogen-bond acceptors (Lipinski definition) is 8. The summed E-state index contributed by atoms with van der Waals surface area (Å²) in [5.41, 5.74) is 17.9. The van der Waals surface area contributed by atoms with Crippen molar-refractivity contribution in [3.05, 3.63) is 64.3 Å². The SMILES string of the molecule is CCCc1ccc(CN2CCC(Nc3cccc(Sc4ncc(N5CCC(C)(N)CC5)nc4N)c3Cl)CC2)cc1CC. The maximum Gasteiger partial charge on any atom is 0.158 e. The van der Waals surface area contributed by atoms with Gasteiger partial charge in [-0.2, -0.15) is 0 Å². The maximum absolute atomic E-state index is 6.91. The standard InChI is InChI=1S/C33H46ClN7S/c1-4-7-25-11-10-23(20-24(25)5-2)22-40-16-12-26(13-17-40)38-27-8-6-9-28(30(27)34)42-32-31(35)39-29(21-37-32)41-18-14-33(3,36)15-19-41/h6,8-11,20-21,26,38H,4-5,7,12-19,22,36H2,1-3H3,(H2,35,39). The zero-order valence-electron chi connectivity index (χ0n) is 25.3. The summed E-state index contributed by atoms with van der Waals surface area (Å²) in [6.45, 7) is 11.5. The van der Waals surface area contributed by atoms with Crippen molar-refractivity contribution in [2.45, 2.75) is 93.8 Å². The van der Waals surface area contributed by atoms with Crippen molar-refractivity contribution in [3.63, 3.8) is 0 Å². The molecule has 0 aliphatic carbocycles. The molecule has 2 saturated heterocycles. The first kappa shape index (κ1) is 30.9. The molecule has 0 spiro atoms. The van der Waals surface area contributed by atoms with Crippen molar-refractivity contribution < 1.29 is 0 Å². The van der Waals surface area contributed by atoms with Crippen LogP contribution in [0.1, 0.15) is 69.6 Å². The van der Waals surface area contributed by atoms with Crippen molar-refractivity contribution in [1.82, 2.24) is 14.9 Å². The molecular formula is C33H46ClN7S. The molecule has 2 aliphatic heterocycles. The Bertz CT molecular complexity index is 1350. The molecule has 9 heteroatoms. The largest absolute Gasteiger partial charge is 0.381 e. The number of halogens is 1. The summed E-state index contributed by atoms with van der Waals surface area (Å²) in [4.78, 5) is 15.0. The number of aryl methyl sites for hydroxylation is 2. The summed E-state index contributed by atoms with van der Waals surface area (Å²) in [5, 5.41) is 5.09. The van der Waals surface area contributed by atoms with Crippen molar-refractivity contribution in [1.29, 1.82) is 0 Å². The Morgan fingerprint density at radius 3 is 2.52 bits per heavy atom. The van der Waals surface area contributed by atoms with Crippen molar-refractivity contribution in [3.8, 4) is 0 Å². The number of hydrogen-bond donors (Lipinski definition) is 3. The number of benzene rings is 2. The molecule has 1 aromatic heterocycles. The summed E-state index contributed by atoms with van der Waals surface area (Å²) in [7, 11) is 0. The fraction of sp³-hybridized carbons (Fsp3) is 0.515. The zero-order chi connectivity index (χ0) is 29.7. The van der Waals surface area contributed by atoms with E-state index in [1.807, 2.05) is 18.3 Å². The van der Waals surface area contributed by atoms with Gasteiger partial charge in [0.25, 0.3) is 0 Å². The molecule has 42 heavy (non-hydrogen) atoms. The molecular weight excluding hydrogens is 562 g/mol. The molecule has 0 radical (unpaired) electrons. The molecule has 2 fully saturated rings. The Hall–Kier alpha value is -2.52. The lowest BCUT2D eigenvalue weighted by Gasteiger charge is -2.37. The second-order valence-electron chi connectivity index (χ2n) is 12.2. The number of rotatable bonds is 10. The Morgan fingerprint density at radius 2 is 1.83 bits per heavy atom. The lowest BCUT2D eigenvalue weighted by atomic mass is 9.91. The number of nitrogens with zero attached hydrogens (tertiary/aromatic N) is 4. The van der Waals surface area contributed by atoms with Crippen LogP contribution in [0.5, 0.6) is 0 Å². The average Bonchev–Trinajstić information content (AvgIpc) is 2.98. The van der Waals surface area contributed by atoms with Gasteiger partial charge in [-0.1, -0.05) is 67.9 Å². The minimum Gasteiger partial charge on any atom is -0.381 e. The number of nitrogens with two attached hydrogens (primary N) is 2. The third-order valence-electron chi connectivity index (χ3n) is 8.68. The molecule has 226 valence electrons. The fourth-order valence-corrected chi connectivity index (χ4v) is 7.11. The smallest absolute Gasteiger partial charge is 0.158 e. The molecule has 5 N–H and O–H groups in total. The Kier molecular flexibility index (Phi) is 10.2. The molecule has 5 rings (SSSR count). The highest BCUT2D eigenvalue weighted by atomic mass is 35.5. The quantitative estimate of drug-likeness (QED) is 0.232. The van der Waals surface area contributed by atoms with E-state index in [4.69, 9.17) is 23.1 Å². The molecule has 3 aromatic rings. The van der Waals surface area contributed by atoms with E-state index in [-0.39, 0.29) is 5.54 Å². The summed E-state index contributed by atoms with van der Waals surface area (Å²) < 4.78 is 0. The van der Waals surface area contributed by atoms with Crippen LogP contribution >= 0.6 is 23.4 Å². The van der Waals surface area contributed by atoms with E-state index < -0.39 is 0 Å². The molecule has 0 bridgehead atoms. The average molecular weight is 608 g/mol. The molecule has 2 aliphatic rings. The van der Waals surface area contributed by atoms with Gasteiger partial charge in [0.1, 0.15) is 10.8 Å². The van der Waals surface area contributed by atoms with Gasteiger partial charge in [0.2, 0.25) is 0 Å². The third kappa shape index (κ3) is 7.70. The highest BCUT2D eigenvalue weighted by Crippen LogP contribution is 2.39. The lowest BCUT2D eigenvalue weighted by Crippen LogP contribution is -2.48. The number of piperidine rings is 2. The molecule has 0 saturated carbocycles. The minimum atomic E-state index is -0.113. The van der Waals surface area contributed by atoms with Gasteiger partial charge in [0.15, 0.2) is 5.82 Å². The molecule has 0 amide bonds. The van der Waals surface area contributed by atoms with E-state index in [0.29, 0.717) is 21.9 Å². The second-order valence-corrected chi connectivity index (χ2v) is 13.6. The summed E-state index contributed by atoms with van der Waals surface area (Å²) in [6, 6.07) is 13.6. The fourth-order valence-electron chi connectivity index (χ4n) is 6.00. The van der Waals surface area contributed by atoms with Crippen LogP contribution in [0.2, 0.25) is 5.02 Å². The summed E-state index contributed by atoms with van der Waals surface area (Å²) in [5.74, 6) is 1.23. The van der Waals surface area contributed by atoms with Crippen LogP contribution in [0.25, 0.3) is 0 Å². The van der Waals surface area contributed by atoms with Gasteiger partial charge >= 0.3 is 0 Å². The van der Waals surface area contributed by atoms with E-state index in [9.17, 15) is 0 Å². The van der Waals surface area contributed by atoms with Gasteiger partial charge in [-0.3, -0.25) is 4.90 Å². The number of aromatic nitrogens is 2. The Balaban J connectivity index is 1.16. The van der Waals surface area contributed by atoms with Gasteiger partial charge in [-0.25, -0.2) is 9.97 Å². The Morgan fingerprint density at radius 1 is 1.07 bits per heavy atom. The Labute approximate surface area is 260 Å². The predicted octanol–water partition coefficient (Wildman–Crippen LogP) is 6.77. The van der Waals surface area contributed by atoms with Crippen LogP contribution < -0.4 is 21.7 Å². The molecule has 0 unspecified atom stereocenters. The van der Waals surface area contributed by atoms with Gasteiger partial charge < -0.3 is 21.7 Å². The number of nitrogens with one attached hydrogen (secondary N) is 1. The molecule has 7 nitrogen and oxygen atoms in total. The number of likely N-dealkylation sites (tertiary alicyclic amines) is 1. The van der Waals surface area contributed by atoms with Crippen LogP contribution in [-0.2, 0) is 19.4 Å². The van der Waals surface area contributed by atoms with Gasteiger partial charge in [0, 0.05) is 49.2 Å². The molecule has 3 heterocycles. The number of nitrogen functional groups attached to an aromatic ring is 1. The van der Waals surface area contributed by atoms with Crippen LogP contribution in [-0.4, -0.2) is 52.6 Å². The van der Waals surface area contributed by atoms with Crippen molar-refractivity contribution in [2.24, 2.45) is 5.73 Å². The lowest BCUT2D eigenvalue weighted by molar-refractivity contribution is 0.211.